The summed E-state index contributed by atoms with van der Waals surface area (Å²) in [6.07, 6.45) is 8.64. The average Bonchev–Trinajstić information content (AvgIpc) is 2.41. The molecule has 0 unspecified atom stereocenters. The molecule has 1 aliphatic rings. The third kappa shape index (κ3) is 4.75. The van der Waals surface area contributed by atoms with E-state index in [1.54, 1.807) is 0 Å². The van der Waals surface area contributed by atoms with E-state index in [4.69, 9.17) is 4.74 Å². The predicted octanol–water partition coefficient (Wildman–Crippen LogP) is 2.92. The van der Waals surface area contributed by atoms with Gasteiger partial charge in [-0.15, -0.1) is 0 Å². The van der Waals surface area contributed by atoms with Gasteiger partial charge in [-0.2, -0.15) is 0 Å². The molecule has 72 valence electrons. The van der Waals surface area contributed by atoms with Crippen LogP contribution in [0, 0.1) is 11.8 Å². The van der Waals surface area contributed by atoms with Gasteiger partial charge < -0.3 is 4.74 Å². The summed E-state index contributed by atoms with van der Waals surface area (Å²) in [5, 5.41) is 0. The maximum atomic E-state index is 5.15. The lowest BCUT2D eigenvalue weighted by Gasteiger charge is -1.93. The molecular weight excluding hydrogens is 160 g/mol. The molecule has 0 saturated heterocycles. The summed E-state index contributed by atoms with van der Waals surface area (Å²) >= 11 is 0. The highest BCUT2D eigenvalue weighted by Gasteiger charge is 1.98. The van der Waals surface area contributed by atoms with Crippen molar-refractivity contribution in [3.8, 4) is 11.8 Å². The van der Waals surface area contributed by atoms with Gasteiger partial charge in [-0.3, -0.25) is 0 Å². The van der Waals surface area contributed by atoms with E-state index in [-0.39, 0.29) is 0 Å². The Morgan fingerprint density at radius 1 is 1.38 bits per heavy atom. The summed E-state index contributed by atoms with van der Waals surface area (Å²) in [5.41, 5.74) is 1.32. The lowest BCUT2D eigenvalue weighted by atomic mass is 10.1. The molecule has 0 spiro atoms. The van der Waals surface area contributed by atoms with E-state index in [9.17, 15) is 0 Å². The third-order valence-corrected chi connectivity index (χ3v) is 2.17. The monoisotopic (exact) mass is 178 g/mol. The standard InChI is InChI=1S/C12H18O/c1-2-13-11-7-10-12-8-5-3-4-6-9-12/h8H,2-6,9,11H2,1H3. The summed E-state index contributed by atoms with van der Waals surface area (Å²) in [5.74, 6) is 6.23. The minimum Gasteiger partial charge on any atom is -0.369 e. The van der Waals surface area contributed by atoms with Crippen LogP contribution in [0.2, 0.25) is 0 Å². The van der Waals surface area contributed by atoms with Gasteiger partial charge in [-0.1, -0.05) is 24.3 Å². The normalized spacial score (nSPS) is 16.8. The van der Waals surface area contributed by atoms with E-state index in [0.29, 0.717) is 6.61 Å². The van der Waals surface area contributed by atoms with Gasteiger partial charge in [0.2, 0.25) is 0 Å². The summed E-state index contributed by atoms with van der Waals surface area (Å²) < 4.78 is 5.15. The van der Waals surface area contributed by atoms with Crippen molar-refractivity contribution in [2.24, 2.45) is 0 Å². The highest BCUT2D eigenvalue weighted by atomic mass is 16.5. The smallest absolute Gasteiger partial charge is 0.108 e. The van der Waals surface area contributed by atoms with Crippen molar-refractivity contribution in [3.63, 3.8) is 0 Å². The van der Waals surface area contributed by atoms with Crippen molar-refractivity contribution in [2.75, 3.05) is 13.2 Å². The third-order valence-electron chi connectivity index (χ3n) is 2.17. The van der Waals surface area contributed by atoms with Gasteiger partial charge in [0, 0.05) is 6.61 Å². The zero-order valence-corrected chi connectivity index (χ0v) is 8.44. The van der Waals surface area contributed by atoms with Crippen molar-refractivity contribution in [2.45, 2.75) is 39.0 Å². The van der Waals surface area contributed by atoms with Crippen LogP contribution in [0.25, 0.3) is 0 Å². The number of rotatable bonds is 2. The van der Waals surface area contributed by atoms with Gasteiger partial charge in [0.15, 0.2) is 0 Å². The minimum absolute atomic E-state index is 0.577. The molecule has 0 radical (unpaired) electrons. The van der Waals surface area contributed by atoms with Crippen LogP contribution in [0.4, 0.5) is 0 Å². The van der Waals surface area contributed by atoms with Gasteiger partial charge in [0.05, 0.1) is 0 Å². The molecular formula is C12H18O. The number of hydrogen-bond donors (Lipinski definition) is 0. The highest BCUT2D eigenvalue weighted by molar-refractivity contribution is 5.29. The second-order valence-corrected chi connectivity index (χ2v) is 3.27. The molecule has 0 aliphatic heterocycles. The predicted molar refractivity (Wildman–Crippen MR) is 55.4 cm³/mol. The quantitative estimate of drug-likeness (QED) is 0.466. The van der Waals surface area contributed by atoms with Crippen LogP contribution in [-0.2, 0) is 4.74 Å². The van der Waals surface area contributed by atoms with Crippen LogP contribution in [0.1, 0.15) is 39.0 Å². The van der Waals surface area contributed by atoms with E-state index >= 15 is 0 Å². The molecule has 0 fully saturated rings. The number of ether oxygens (including phenoxy) is 1. The second-order valence-electron chi connectivity index (χ2n) is 3.27. The van der Waals surface area contributed by atoms with Crippen LogP contribution in [0.3, 0.4) is 0 Å². The van der Waals surface area contributed by atoms with Crippen molar-refractivity contribution in [1.82, 2.24) is 0 Å². The highest BCUT2D eigenvalue weighted by Crippen LogP contribution is 2.15. The molecule has 0 aromatic carbocycles. The molecule has 1 heteroatoms. The number of allylic oxidation sites excluding steroid dienone is 2. The molecule has 0 aromatic heterocycles. The molecule has 1 rings (SSSR count). The summed E-state index contributed by atoms with van der Waals surface area (Å²) in [6.45, 7) is 3.33. The van der Waals surface area contributed by atoms with Crippen molar-refractivity contribution in [3.05, 3.63) is 11.6 Å². The van der Waals surface area contributed by atoms with Crippen LogP contribution in [0.15, 0.2) is 11.6 Å². The first-order chi connectivity index (χ1) is 6.43. The van der Waals surface area contributed by atoms with Crippen molar-refractivity contribution in [1.29, 1.82) is 0 Å². The molecule has 0 saturated carbocycles. The fourth-order valence-corrected chi connectivity index (χ4v) is 1.43. The van der Waals surface area contributed by atoms with Gasteiger partial charge in [-0.25, -0.2) is 0 Å². The first kappa shape index (κ1) is 10.3. The summed E-state index contributed by atoms with van der Waals surface area (Å²) in [7, 11) is 0. The Bertz CT molecular complexity index is 217. The van der Waals surface area contributed by atoms with E-state index in [0.717, 1.165) is 6.61 Å². The largest absolute Gasteiger partial charge is 0.369 e. The fourth-order valence-electron chi connectivity index (χ4n) is 1.43. The Morgan fingerprint density at radius 3 is 3.15 bits per heavy atom. The van der Waals surface area contributed by atoms with Crippen molar-refractivity contribution < 1.29 is 4.74 Å². The van der Waals surface area contributed by atoms with Gasteiger partial charge in [-0.05, 0) is 38.2 Å². The van der Waals surface area contributed by atoms with Crippen LogP contribution >= 0.6 is 0 Å². The molecule has 0 amide bonds. The lowest BCUT2D eigenvalue weighted by Crippen LogP contribution is -1.89. The summed E-state index contributed by atoms with van der Waals surface area (Å²) in [4.78, 5) is 0. The molecule has 0 atom stereocenters. The maximum absolute atomic E-state index is 5.15. The van der Waals surface area contributed by atoms with Gasteiger partial charge >= 0.3 is 0 Å². The van der Waals surface area contributed by atoms with Crippen LogP contribution in [-0.4, -0.2) is 13.2 Å². The zero-order chi connectivity index (χ0) is 9.36. The molecule has 0 bridgehead atoms. The van der Waals surface area contributed by atoms with Gasteiger partial charge in [0.1, 0.15) is 6.61 Å². The molecule has 0 N–H and O–H groups in total. The van der Waals surface area contributed by atoms with Gasteiger partial charge in [0.25, 0.3) is 0 Å². The molecule has 0 heterocycles. The Kier molecular flexibility index (Phi) is 5.36. The van der Waals surface area contributed by atoms with E-state index in [1.807, 2.05) is 6.92 Å². The van der Waals surface area contributed by atoms with E-state index in [2.05, 4.69) is 17.9 Å². The Morgan fingerprint density at radius 2 is 2.31 bits per heavy atom. The maximum Gasteiger partial charge on any atom is 0.108 e. The average molecular weight is 178 g/mol. The van der Waals surface area contributed by atoms with Crippen LogP contribution in [0.5, 0.6) is 0 Å². The lowest BCUT2D eigenvalue weighted by molar-refractivity contribution is 0.182. The molecule has 1 aliphatic carbocycles. The zero-order valence-electron chi connectivity index (χ0n) is 8.44. The second kappa shape index (κ2) is 6.74. The Hall–Kier alpha value is -0.740. The first-order valence-electron chi connectivity index (χ1n) is 5.19. The Balaban J connectivity index is 2.31. The summed E-state index contributed by atoms with van der Waals surface area (Å²) in [6, 6.07) is 0. The van der Waals surface area contributed by atoms with Crippen LogP contribution < -0.4 is 0 Å². The number of hydrogen-bond acceptors (Lipinski definition) is 1. The molecule has 13 heavy (non-hydrogen) atoms. The van der Waals surface area contributed by atoms with Crippen molar-refractivity contribution >= 4 is 0 Å². The van der Waals surface area contributed by atoms with E-state index in [1.165, 1.54) is 37.7 Å². The minimum atomic E-state index is 0.577. The fraction of sp³-hybridized carbons (Fsp3) is 0.667. The molecule has 0 aromatic rings. The Labute approximate surface area is 81.2 Å². The topological polar surface area (TPSA) is 9.23 Å². The van der Waals surface area contributed by atoms with E-state index < -0.39 is 0 Å². The molecule has 1 nitrogen and oxygen atoms in total. The SMILES string of the molecule is CCOCC#CC1=CCCCCC1. The first-order valence-corrected chi connectivity index (χ1v) is 5.19.